The van der Waals surface area contributed by atoms with Gasteiger partial charge in [0.05, 0.1) is 18.8 Å². The SMILES string of the molecule is CCCCCCCCCCCCN1CC(CO)C(O)C(OCc2ccccc2)C1. The molecule has 1 fully saturated rings. The Morgan fingerprint density at radius 3 is 2.14 bits per heavy atom. The molecule has 0 aromatic heterocycles. The lowest BCUT2D eigenvalue weighted by molar-refractivity contribution is -0.121. The Labute approximate surface area is 178 Å². The van der Waals surface area contributed by atoms with E-state index in [4.69, 9.17) is 4.74 Å². The molecule has 3 unspecified atom stereocenters. The van der Waals surface area contributed by atoms with Gasteiger partial charge >= 0.3 is 0 Å². The molecule has 0 radical (unpaired) electrons. The summed E-state index contributed by atoms with van der Waals surface area (Å²) in [4.78, 5) is 2.37. The van der Waals surface area contributed by atoms with Crippen LogP contribution in [0, 0.1) is 5.92 Å². The summed E-state index contributed by atoms with van der Waals surface area (Å²) in [5.74, 6) is -0.118. The zero-order valence-electron chi connectivity index (χ0n) is 18.5. The van der Waals surface area contributed by atoms with Crippen LogP contribution >= 0.6 is 0 Å². The second-order valence-electron chi connectivity index (χ2n) is 8.71. The minimum Gasteiger partial charge on any atom is -0.396 e. The summed E-state index contributed by atoms with van der Waals surface area (Å²) in [5, 5.41) is 20.2. The lowest BCUT2D eigenvalue weighted by atomic mass is 9.92. The molecule has 0 saturated carbocycles. The lowest BCUT2D eigenvalue weighted by Gasteiger charge is -2.40. The van der Waals surface area contributed by atoms with E-state index < -0.39 is 6.10 Å². The predicted molar refractivity (Wildman–Crippen MR) is 120 cm³/mol. The number of likely N-dealkylation sites (tertiary alicyclic amines) is 1. The number of aliphatic hydroxyl groups excluding tert-OH is 2. The van der Waals surface area contributed by atoms with Crippen LogP contribution in [0.5, 0.6) is 0 Å². The Hall–Kier alpha value is -0.940. The molecular weight excluding hydrogens is 362 g/mol. The maximum atomic E-state index is 10.6. The summed E-state index contributed by atoms with van der Waals surface area (Å²) in [6, 6.07) is 10.1. The van der Waals surface area contributed by atoms with E-state index in [1.807, 2.05) is 30.3 Å². The molecule has 0 amide bonds. The molecule has 4 nitrogen and oxygen atoms in total. The molecule has 0 bridgehead atoms. The maximum Gasteiger partial charge on any atom is 0.0969 e. The van der Waals surface area contributed by atoms with E-state index in [-0.39, 0.29) is 18.6 Å². The Balaban J connectivity index is 1.62. The normalized spacial score (nSPS) is 22.8. The number of hydrogen-bond acceptors (Lipinski definition) is 4. The second-order valence-corrected chi connectivity index (χ2v) is 8.71. The summed E-state index contributed by atoms with van der Waals surface area (Å²) >= 11 is 0. The molecule has 29 heavy (non-hydrogen) atoms. The highest BCUT2D eigenvalue weighted by Gasteiger charge is 2.35. The first-order chi connectivity index (χ1) is 14.2. The van der Waals surface area contributed by atoms with E-state index >= 15 is 0 Å². The smallest absolute Gasteiger partial charge is 0.0969 e. The molecule has 166 valence electrons. The van der Waals surface area contributed by atoms with Gasteiger partial charge in [0.1, 0.15) is 0 Å². The van der Waals surface area contributed by atoms with Gasteiger partial charge in [-0.3, -0.25) is 0 Å². The molecule has 0 aliphatic carbocycles. The largest absolute Gasteiger partial charge is 0.396 e. The molecule has 1 aromatic rings. The van der Waals surface area contributed by atoms with Gasteiger partial charge in [-0.05, 0) is 18.5 Å². The van der Waals surface area contributed by atoms with Crippen LogP contribution in [0.15, 0.2) is 30.3 Å². The quantitative estimate of drug-likeness (QED) is 0.412. The van der Waals surface area contributed by atoms with Crippen molar-refractivity contribution in [3.8, 4) is 0 Å². The summed E-state index contributed by atoms with van der Waals surface area (Å²) < 4.78 is 6.04. The second kappa shape index (κ2) is 15.0. The number of benzene rings is 1. The summed E-state index contributed by atoms with van der Waals surface area (Å²) in [6.45, 7) is 5.34. The van der Waals surface area contributed by atoms with Crippen molar-refractivity contribution >= 4 is 0 Å². The van der Waals surface area contributed by atoms with Gasteiger partial charge in [-0.15, -0.1) is 0 Å². The van der Waals surface area contributed by atoms with Crippen molar-refractivity contribution in [1.29, 1.82) is 0 Å². The fourth-order valence-corrected chi connectivity index (χ4v) is 4.28. The number of nitrogens with zero attached hydrogens (tertiary/aromatic N) is 1. The van der Waals surface area contributed by atoms with E-state index in [0.717, 1.165) is 25.2 Å². The molecule has 3 atom stereocenters. The summed E-state index contributed by atoms with van der Waals surface area (Å²) in [7, 11) is 0. The van der Waals surface area contributed by atoms with Crippen molar-refractivity contribution in [2.24, 2.45) is 5.92 Å². The third-order valence-electron chi connectivity index (χ3n) is 6.16. The highest BCUT2D eigenvalue weighted by molar-refractivity contribution is 5.13. The molecule has 1 saturated heterocycles. The molecule has 0 spiro atoms. The number of aliphatic hydroxyl groups is 2. The maximum absolute atomic E-state index is 10.6. The van der Waals surface area contributed by atoms with Gasteiger partial charge in [-0.1, -0.05) is 95.0 Å². The van der Waals surface area contributed by atoms with Crippen LogP contribution in [0.3, 0.4) is 0 Å². The van der Waals surface area contributed by atoms with Gasteiger partial charge in [0.15, 0.2) is 0 Å². The number of unbranched alkanes of at least 4 members (excludes halogenated alkanes) is 9. The van der Waals surface area contributed by atoms with Gasteiger partial charge in [0.25, 0.3) is 0 Å². The molecule has 1 aliphatic heterocycles. The van der Waals surface area contributed by atoms with Crippen LogP contribution in [-0.4, -0.2) is 53.6 Å². The number of piperidine rings is 1. The van der Waals surface area contributed by atoms with Crippen LogP contribution in [0.1, 0.15) is 76.7 Å². The van der Waals surface area contributed by atoms with Crippen molar-refractivity contribution in [3.05, 3.63) is 35.9 Å². The van der Waals surface area contributed by atoms with Crippen molar-refractivity contribution in [3.63, 3.8) is 0 Å². The zero-order chi connectivity index (χ0) is 20.7. The average molecular weight is 406 g/mol. The molecule has 2 rings (SSSR count). The van der Waals surface area contributed by atoms with Crippen LogP contribution in [-0.2, 0) is 11.3 Å². The number of hydrogen-bond donors (Lipinski definition) is 2. The topological polar surface area (TPSA) is 52.9 Å². The molecular formula is C25H43NO3. The fourth-order valence-electron chi connectivity index (χ4n) is 4.28. The standard InChI is InChI=1S/C25H43NO3/c1-2-3-4-5-6-7-8-9-10-14-17-26-18-23(20-27)25(28)24(19-26)29-21-22-15-12-11-13-16-22/h11-13,15-16,23-25,27-28H,2-10,14,17-21H2,1H3. The van der Waals surface area contributed by atoms with E-state index in [0.29, 0.717) is 6.61 Å². The molecule has 1 aromatic carbocycles. The third-order valence-corrected chi connectivity index (χ3v) is 6.16. The fraction of sp³-hybridized carbons (Fsp3) is 0.760. The van der Waals surface area contributed by atoms with Crippen molar-refractivity contribution < 1.29 is 14.9 Å². The minimum atomic E-state index is -0.590. The lowest BCUT2D eigenvalue weighted by Crippen LogP contribution is -2.54. The first-order valence-corrected chi connectivity index (χ1v) is 11.9. The van der Waals surface area contributed by atoms with Crippen molar-refractivity contribution in [1.82, 2.24) is 4.90 Å². The van der Waals surface area contributed by atoms with E-state index in [1.54, 1.807) is 0 Å². The van der Waals surface area contributed by atoms with Crippen molar-refractivity contribution in [2.45, 2.75) is 89.9 Å². The van der Waals surface area contributed by atoms with E-state index in [1.165, 1.54) is 64.2 Å². The highest BCUT2D eigenvalue weighted by Crippen LogP contribution is 2.22. The van der Waals surface area contributed by atoms with Crippen LogP contribution in [0.2, 0.25) is 0 Å². The van der Waals surface area contributed by atoms with Crippen LogP contribution in [0.25, 0.3) is 0 Å². The molecule has 1 aliphatic rings. The Kier molecular flexibility index (Phi) is 12.5. The summed E-state index contributed by atoms with van der Waals surface area (Å²) in [6.07, 6.45) is 12.6. The van der Waals surface area contributed by atoms with Crippen molar-refractivity contribution in [2.75, 3.05) is 26.2 Å². The Morgan fingerprint density at radius 2 is 1.52 bits per heavy atom. The monoisotopic (exact) mass is 405 g/mol. The Morgan fingerprint density at radius 1 is 0.897 bits per heavy atom. The van der Waals surface area contributed by atoms with Gasteiger partial charge in [0, 0.05) is 25.6 Å². The van der Waals surface area contributed by atoms with Gasteiger partial charge < -0.3 is 19.8 Å². The minimum absolute atomic E-state index is 0.0148. The summed E-state index contributed by atoms with van der Waals surface area (Å²) in [5.41, 5.74) is 1.12. The van der Waals surface area contributed by atoms with E-state index in [2.05, 4.69) is 11.8 Å². The van der Waals surface area contributed by atoms with Crippen LogP contribution in [0.4, 0.5) is 0 Å². The predicted octanol–water partition coefficient (Wildman–Crippen LogP) is 4.78. The van der Waals surface area contributed by atoms with Gasteiger partial charge in [0.2, 0.25) is 0 Å². The van der Waals surface area contributed by atoms with Crippen LogP contribution < -0.4 is 0 Å². The molecule has 4 heteroatoms. The van der Waals surface area contributed by atoms with E-state index in [9.17, 15) is 10.2 Å². The molecule has 2 N–H and O–H groups in total. The third kappa shape index (κ3) is 9.61. The zero-order valence-corrected chi connectivity index (χ0v) is 18.5. The first kappa shape index (κ1) is 24.3. The van der Waals surface area contributed by atoms with Gasteiger partial charge in [-0.25, -0.2) is 0 Å². The van der Waals surface area contributed by atoms with Gasteiger partial charge in [-0.2, -0.15) is 0 Å². The first-order valence-electron chi connectivity index (χ1n) is 11.9. The Bertz CT molecular complexity index is 510. The highest BCUT2D eigenvalue weighted by atomic mass is 16.5. The number of ether oxygens (including phenoxy) is 1. The number of rotatable bonds is 15. The average Bonchev–Trinajstić information content (AvgIpc) is 2.75. The molecule has 1 heterocycles.